The summed E-state index contributed by atoms with van der Waals surface area (Å²) in [5, 5.41) is 0. The van der Waals surface area contributed by atoms with Crippen molar-refractivity contribution in [3.63, 3.8) is 0 Å². The van der Waals surface area contributed by atoms with Crippen molar-refractivity contribution >= 4 is 21.5 Å². The quantitative estimate of drug-likeness (QED) is 0.118. The van der Waals surface area contributed by atoms with Crippen LogP contribution >= 0.6 is 15.9 Å². The standard InChI is InChI=1S/C33H52.3C2H6.CH3Br/c1-7-10-12-14-16-20-24-33(25-21-17-15-13-11-8-2)31-23-19-18-22-30(31)29(9-3)32(33)26-28(6)27(4)5;4*1-2/h9,18-19,22-23,26-27H,3,7-8,10-17,20-21,24-25H2,1-2,4-6H3;3*1-2H3;1H3/b28-26+;;;;. The molecule has 0 aliphatic heterocycles. The van der Waals surface area contributed by atoms with E-state index in [1.807, 2.05) is 47.4 Å². The number of hydrogen-bond donors (Lipinski definition) is 0. The number of unbranched alkanes of at least 4 members (excludes halogenated alkanes) is 10. The molecule has 0 unspecified atom stereocenters. The number of fused-ring (bicyclic) bond motifs is 1. The summed E-state index contributed by atoms with van der Waals surface area (Å²) < 4.78 is 0. The second-order valence-electron chi connectivity index (χ2n) is 10.7. The van der Waals surface area contributed by atoms with Crippen molar-refractivity contribution in [2.45, 2.75) is 171 Å². The van der Waals surface area contributed by atoms with E-state index in [2.05, 4.69) is 93.5 Å². The Kier molecular flexibility index (Phi) is 32.9. The zero-order valence-corrected chi connectivity index (χ0v) is 31.6. The van der Waals surface area contributed by atoms with Crippen LogP contribution in [-0.4, -0.2) is 5.83 Å². The lowest BCUT2D eigenvalue weighted by Crippen LogP contribution is -2.26. The lowest BCUT2D eigenvalue weighted by Gasteiger charge is -2.34. The summed E-state index contributed by atoms with van der Waals surface area (Å²) in [5.74, 6) is 2.39. The number of benzene rings is 1. The van der Waals surface area contributed by atoms with Crippen molar-refractivity contribution in [3.05, 3.63) is 65.3 Å². The fourth-order valence-electron chi connectivity index (χ4n) is 5.59. The maximum atomic E-state index is 4.28. The molecular formula is C40H73Br. The molecule has 1 aliphatic carbocycles. The van der Waals surface area contributed by atoms with E-state index < -0.39 is 0 Å². The van der Waals surface area contributed by atoms with Crippen LogP contribution in [0.5, 0.6) is 0 Å². The highest BCUT2D eigenvalue weighted by atomic mass is 79.9. The van der Waals surface area contributed by atoms with E-state index in [0.29, 0.717) is 5.92 Å². The van der Waals surface area contributed by atoms with Gasteiger partial charge in [-0.3, -0.25) is 0 Å². The highest BCUT2D eigenvalue weighted by Gasteiger charge is 2.42. The summed E-state index contributed by atoms with van der Waals surface area (Å²) in [5.41, 5.74) is 7.62. The van der Waals surface area contributed by atoms with Crippen molar-refractivity contribution in [1.82, 2.24) is 0 Å². The molecule has 0 saturated carbocycles. The molecule has 2 rings (SSSR count). The van der Waals surface area contributed by atoms with Crippen LogP contribution in [0.25, 0.3) is 5.57 Å². The van der Waals surface area contributed by atoms with Crippen LogP contribution in [0.1, 0.15) is 177 Å². The molecule has 240 valence electrons. The first-order chi connectivity index (χ1) is 20.0. The smallest absolute Gasteiger partial charge is 0.0215 e. The minimum atomic E-state index is 0.159. The van der Waals surface area contributed by atoms with Gasteiger partial charge in [0.15, 0.2) is 0 Å². The van der Waals surface area contributed by atoms with E-state index >= 15 is 0 Å². The first kappa shape index (κ1) is 44.4. The Morgan fingerprint density at radius 1 is 0.732 bits per heavy atom. The molecule has 0 nitrogen and oxygen atoms in total. The number of alkyl halides is 1. The van der Waals surface area contributed by atoms with Gasteiger partial charge in [-0.25, -0.2) is 0 Å². The molecule has 0 heterocycles. The van der Waals surface area contributed by atoms with Crippen LogP contribution in [0.4, 0.5) is 0 Å². The Hall–Kier alpha value is -1.08. The number of rotatable bonds is 17. The molecule has 0 amide bonds. The third-order valence-electron chi connectivity index (χ3n) is 7.94. The average molecular weight is 634 g/mol. The second-order valence-corrected chi connectivity index (χ2v) is 10.7. The Morgan fingerprint density at radius 3 is 1.56 bits per heavy atom. The second kappa shape index (κ2) is 30.4. The third-order valence-corrected chi connectivity index (χ3v) is 7.94. The molecule has 0 N–H and O–H groups in total. The SMILES string of the molecule is C=CC1=C(/C=C(\C)C(C)C)C(CCCCCCCC)(CCCCCCCC)c2ccccc21.CBr.CC.CC.CC. The van der Waals surface area contributed by atoms with Crippen molar-refractivity contribution in [3.8, 4) is 0 Å². The zero-order chi connectivity index (χ0) is 32.1. The molecule has 0 bridgehead atoms. The summed E-state index contributed by atoms with van der Waals surface area (Å²) in [4.78, 5) is 0. The first-order valence-electron chi connectivity index (χ1n) is 17.5. The fraction of sp³-hybridized carbons (Fsp3) is 0.700. The Bertz CT molecular complexity index is 764. The van der Waals surface area contributed by atoms with Gasteiger partial charge >= 0.3 is 0 Å². The molecular weight excluding hydrogens is 560 g/mol. The van der Waals surface area contributed by atoms with Crippen molar-refractivity contribution in [2.24, 2.45) is 5.92 Å². The minimum absolute atomic E-state index is 0.159. The predicted octanol–water partition coefficient (Wildman–Crippen LogP) is 15.1. The van der Waals surface area contributed by atoms with Crippen molar-refractivity contribution in [1.29, 1.82) is 0 Å². The Labute approximate surface area is 269 Å². The number of halogens is 1. The van der Waals surface area contributed by atoms with Crippen LogP contribution in [0.2, 0.25) is 0 Å². The van der Waals surface area contributed by atoms with E-state index in [9.17, 15) is 0 Å². The molecule has 1 aliphatic rings. The molecule has 0 atom stereocenters. The predicted molar refractivity (Wildman–Crippen MR) is 199 cm³/mol. The van der Waals surface area contributed by atoms with Crippen LogP contribution < -0.4 is 0 Å². The number of allylic oxidation sites excluding steroid dienone is 5. The van der Waals surface area contributed by atoms with Gasteiger partial charge in [0.2, 0.25) is 0 Å². The molecule has 41 heavy (non-hydrogen) atoms. The monoisotopic (exact) mass is 632 g/mol. The van der Waals surface area contributed by atoms with E-state index in [0.717, 1.165) is 0 Å². The normalized spacial score (nSPS) is 13.0. The third kappa shape index (κ3) is 15.8. The molecule has 1 heteroatoms. The highest BCUT2D eigenvalue weighted by molar-refractivity contribution is 9.08. The van der Waals surface area contributed by atoms with Crippen molar-refractivity contribution in [2.75, 3.05) is 5.83 Å². The van der Waals surface area contributed by atoms with Crippen molar-refractivity contribution < 1.29 is 0 Å². The molecule has 0 aromatic heterocycles. The van der Waals surface area contributed by atoms with E-state index in [1.54, 1.807) is 11.1 Å². The van der Waals surface area contributed by atoms with Gasteiger partial charge in [-0.15, -0.1) is 0 Å². The molecule has 1 aromatic carbocycles. The first-order valence-corrected chi connectivity index (χ1v) is 19.1. The summed E-state index contributed by atoms with van der Waals surface area (Å²) in [7, 11) is 0. The Balaban J connectivity index is -0.00000165. The molecule has 0 radical (unpaired) electrons. The van der Waals surface area contributed by atoms with Gasteiger partial charge in [-0.1, -0.05) is 211 Å². The lowest BCUT2D eigenvalue weighted by atomic mass is 9.69. The molecule has 0 fully saturated rings. The van der Waals surface area contributed by atoms with Crippen LogP contribution in [0, 0.1) is 5.92 Å². The molecule has 1 aromatic rings. The van der Waals surface area contributed by atoms with Gasteiger partial charge in [0, 0.05) is 5.41 Å². The summed E-state index contributed by atoms with van der Waals surface area (Å²) in [6.07, 6.45) is 23.6. The highest BCUT2D eigenvalue weighted by Crippen LogP contribution is 2.53. The topological polar surface area (TPSA) is 0 Å². The van der Waals surface area contributed by atoms with Crippen LogP contribution in [-0.2, 0) is 5.41 Å². The number of hydrogen-bond acceptors (Lipinski definition) is 0. The average Bonchev–Trinajstić information content (AvgIpc) is 3.28. The van der Waals surface area contributed by atoms with Gasteiger partial charge in [0.05, 0.1) is 0 Å². The Morgan fingerprint density at radius 2 is 1.15 bits per heavy atom. The molecule has 0 saturated heterocycles. The maximum Gasteiger partial charge on any atom is 0.0215 e. The van der Waals surface area contributed by atoms with E-state index in [1.165, 1.54) is 107 Å². The fourth-order valence-corrected chi connectivity index (χ4v) is 5.59. The minimum Gasteiger partial charge on any atom is -0.0984 e. The molecule has 0 spiro atoms. The van der Waals surface area contributed by atoms with Gasteiger partial charge < -0.3 is 0 Å². The maximum absolute atomic E-state index is 4.28. The van der Waals surface area contributed by atoms with Gasteiger partial charge in [-0.05, 0) is 53.8 Å². The van der Waals surface area contributed by atoms with E-state index in [-0.39, 0.29) is 5.41 Å². The summed E-state index contributed by atoms with van der Waals surface area (Å²) >= 11 is 2.94. The van der Waals surface area contributed by atoms with Crippen LogP contribution in [0.3, 0.4) is 0 Å². The summed E-state index contributed by atoms with van der Waals surface area (Å²) in [6.45, 7) is 27.9. The van der Waals surface area contributed by atoms with Gasteiger partial charge in [0.25, 0.3) is 0 Å². The zero-order valence-electron chi connectivity index (χ0n) is 30.0. The lowest BCUT2D eigenvalue weighted by molar-refractivity contribution is 0.394. The van der Waals surface area contributed by atoms with Gasteiger partial charge in [-0.2, -0.15) is 0 Å². The van der Waals surface area contributed by atoms with E-state index in [4.69, 9.17) is 0 Å². The van der Waals surface area contributed by atoms with Crippen LogP contribution in [0.15, 0.2) is 54.1 Å². The van der Waals surface area contributed by atoms with Gasteiger partial charge in [0.1, 0.15) is 0 Å². The largest absolute Gasteiger partial charge is 0.0984 e. The summed E-state index contributed by atoms with van der Waals surface area (Å²) in [6, 6.07) is 9.25.